The van der Waals surface area contributed by atoms with Crippen molar-refractivity contribution in [1.82, 2.24) is 10.3 Å². The van der Waals surface area contributed by atoms with Gasteiger partial charge in [-0.2, -0.15) is 0 Å². The van der Waals surface area contributed by atoms with Crippen molar-refractivity contribution < 1.29 is 14.3 Å². The van der Waals surface area contributed by atoms with Crippen LogP contribution in [-0.2, 0) is 27.2 Å². The third kappa shape index (κ3) is 2.48. The number of aromatic amines is 1. The largest absolute Gasteiger partial charge is 0.452 e. The van der Waals surface area contributed by atoms with E-state index in [1.165, 1.54) is 0 Å². The van der Waals surface area contributed by atoms with Crippen molar-refractivity contribution >= 4 is 22.8 Å². The second-order valence-corrected chi connectivity index (χ2v) is 7.06. The van der Waals surface area contributed by atoms with Gasteiger partial charge in [0.2, 0.25) is 0 Å². The van der Waals surface area contributed by atoms with Crippen molar-refractivity contribution in [2.75, 3.05) is 6.54 Å². The molecular weight excluding hydrogens is 304 g/mol. The number of hydrogen-bond donors (Lipinski definition) is 2. The molecule has 2 atom stereocenters. The van der Waals surface area contributed by atoms with Crippen LogP contribution in [0, 0.1) is 5.41 Å². The van der Waals surface area contributed by atoms with E-state index >= 15 is 0 Å². The van der Waals surface area contributed by atoms with Crippen LogP contribution in [0.5, 0.6) is 0 Å². The number of piperidine rings is 1. The molecule has 1 amide bonds. The zero-order chi connectivity index (χ0) is 16.7. The Labute approximate surface area is 140 Å². The fourth-order valence-corrected chi connectivity index (χ4v) is 4.08. The normalized spacial score (nSPS) is 27.3. The van der Waals surface area contributed by atoms with Gasteiger partial charge in [0.1, 0.15) is 0 Å². The van der Waals surface area contributed by atoms with Crippen LogP contribution in [0.2, 0.25) is 0 Å². The van der Waals surface area contributed by atoms with Gasteiger partial charge in [-0.1, -0.05) is 25.1 Å². The number of hydrogen-bond acceptors (Lipinski definition) is 3. The monoisotopic (exact) mass is 326 g/mol. The number of carbonyl (C=O) groups excluding carboxylic acids is 2. The standard InChI is InChI=1S/C19H22N2O3/c1-2-19-8-7-15-13(12-5-3-4-6-14(12)21-15)9-17(22)24-16(10-19)18(23)20-11-19/h3-6,16,21H,2,7-11H2,1H3,(H,20,23). The van der Waals surface area contributed by atoms with Gasteiger partial charge in [-0.3, -0.25) is 9.59 Å². The number of amides is 1. The Morgan fingerprint density at radius 1 is 1.29 bits per heavy atom. The lowest BCUT2D eigenvalue weighted by molar-refractivity contribution is -0.160. The first-order valence-corrected chi connectivity index (χ1v) is 8.66. The smallest absolute Gasteiger partial charge is 0.311 e. The van der Waals surface area contributed by atoms with Crippen LogP contribution in [-0.4, -0.2) is 29.5 Å². The molecule has 0 radical (unpaired) electrons. The van der Waals surface area contributed by atoms with Crippen LogP contribution in [0.3, 0.4) is 0 Å². The maximum absolute atomic E-state index is 12.4. The molecule has 4 rings (SSSR count). The van der Waals surface area contributed by atoms with E-state index in [9.17, 15) is 9.59 Å². The van der Waals surface area contributed by atoms with Gasteiger partial charge in [0.15, 0.2) is 6.10 Å². The van der Waals surface area contributed by atoms with Crippen LogP contribution in [0.15, 0.2) is 24.3 Å². The second kappa shape index (κ2) is 5.65. The van der Waals surface area contributed by atoms with Gasteiger partial charge in [-0.15, -0.1) is 0 Å². The van der Waals surface area contributed by atoms with Crippen LogP contribution >= 0.6 is 0 Å². The molecule has 5 nitrogen and oxygen atoms in total. The summed E-state index contributed by atoms with van der Waals surface area (Å²) in [6.45, 7) is 2.81. The number of aromatic nitrogens is 1. The predicted octanol–water partition coefficient (Wildman–Crippen LogP) is 2.48. The van der Waals surface area contributed by atoms with Crippen molar-refractivity contribution in [3.63, 3.8) is 0 Å². The maximum Gasteiger partial charge on any atom is 0.311 e. The summed E-state index contributed by atoms with van der Waals surface area (Å²) in [6, 6.07) is 8.04. The number of carbonyl (C=O) groups is 2. The van der Waals surface area contributed by atoms with E-state index in [4.69, 9.17) is 4.74 Å². The average molecular weight is 326 g/mol. The molecule has 2 N–H and O–H groups in total. The molecular formula is C19H22N2O3. The summed E-state index contributed by atoms with van der Waals surface area (Å²) >= 11 is 0. The molecule has 0 aliphatic carbocycles. The van der Waals surface area contributed by atoms with E-state index in [1.807, 2.05) is 24.3 Å². The number of nitrogens with one attached hydrogen (secondary N) is 2. The molecule has 2 aliphatic heterocycles. The van der Waals surface area contributed by atoms with Gasteiger partial charge in [-0.05, 0) is 36.3 Å². The molecule has 2 aromatic rings. The zero-order valence-corrected chi connectivity index (χ0v) is 13.9. The molecule has 2 aliphatic rings. The van der Waals surface area contributed by atoms with Gasteiger partial charge in [0.25, 0.3) is 5.91 Å². The molecule has 0 spiro atoms. The minimum atomic E-state index is -0.655. The van der Waals surface area contributed by atoms with Gasteiger partial charge >= 0.3 is 5.97 Å². The predicted molar refractivity (Wildman–Crippen MR) is 90.6 cm³/mol. The summed E-state index contributed by atoms with van der Waals surface area (Å²) in [4.78, 5) is 28.0. The highest BCUT2D eigenvalue weighted by molar-refractivity contribution is 5.90. The number of benzene rings is 1. The van der Waals surface area contributed by atoms with E-state index in [2.05, 4.69) is 17.2 Å². The fourth-order valence-electron chi connectivity index (χ4n) is 4.08. The Hall–Kier alpha value is -2.30. The van der Waals surface area contributed by atoms with E-state index in [0.29, 0.717) is 13.0 Å². The summed E-state index contributed by atoms with van der Waals surface area (Å²) in [6.07, 6.45) is 2.99. The lowest BCUT2D eigenvalue weighted by atomic mass is 9.73. The molecule has 24 heavy (non-hydrogen) atoms. The molecule has 3 heterocycles. The van der Waals surface area contributed by atoms with Crippen molar-refractivity contribution in [1.29, 1.82) is 0 Å². The minimum Gasteiger partial charge on any atom is -0.452 e. The van der Waals surface area contributed by atoms with E-state index in [0.717, 1.165) is 41.4 Å². The number of esters is 1. The van der Waals surface area contributed by atoms with Gasteiger partial charge < -0.3 is 15.0 Å². The van der Waals surface area contributed by atoms with Crippen molar-refractivity contribution in [2.45, 2.75) is 45.1 Å². The molecule has 1 fully saturated rings. The van der Waals surface area contributed by atoms with E-state index < -0.39 is 6.10 Å². The number of ether oxygens (including phenoxy) is 1. The summed E-state index contributed by atoms with van der Waals surface area (Å²) in [5.74, 6) is -0.484. The van der Waals surface area contributed by atoms with Gasteiger partial charge in [-0.25, -0.2) is 0 Å². The van der Waals surface area contributed by atoms with Crippen LogP contribution in [0.1, 0.15) is 37.4 Å². The van der Waals surface area contributed by atoms with Crippen LogP contribution in [0.25, 0.3) is 10.9 Å². The molecule has 5 heteroatoms. The van der Waals surface area contributed by atoms with Crippen LogP contribution < -0.4 is 5.32 Å². The Morgan fingerprint density at radius 2 is 2.12 bits per heavy atom. The number of aryl methyl sites for hydroxylation is 1. The maximum atomic E-state index is 12.4. The summed E-state index contributed by atoms with van der Waals surface area (Å²) in [5.41, 5.74) is 3.18. The highest BCUT2D eigenvalue weighted by atomic mass is 16.5. The Bertz CT molecular complexity index is 810. The molecule has 1 aromatic heterocycles. The molecule has 2 unspecified atom stereocenters. The first-order chi connectivity index (χ1) is 11.6. The highest BCUT2D eigenvalue weighted by Gasteiger charge is 2.41. The summed E-state index contributed by atoms with van der Waals surface area (Å²) in [7, 11) is 0. The Kier molecular flexibility index (Phi) is 3.59. The lowest BCUT2D eigenvalue weighted by Gasteiger charge is -2.40. The van der Waals surface area contributed by atoms with Crippen molar-refractivity contribution in [3.8, 4) is 0 Å². The minimum absolute atomic E-state index is 0.00917. The first kappa shape index (κ1) is 15.2. The summed E-state index contributed by atoms with van der Waals surface area (Å²) in [5, 5.41) is 4.01. The van der Waals surface area contributed by atoms with E-state index in [-0.39, 0.29) is 23.7 Å². The molecule has 0 saturated carbocycles. The molecule has 1 saturated heterocycles. The van der Waals surface area contributed by atoms with Gasteiger partial charge in [0, 0.05) is 29.6 Å². The number of fused-ring (bicyclic) bond motifs is 5. The summed E-state index contributed by atoms with van der Waals surface area (Å²) < 4.78 is 5.55. The van der Waals surface area contributed by atoms with Gasteiger partial charge in [0.05, 0.1) is 6.42 Å². The van der Waals surface area contributed by atoms with Crippen LogP contribution in [0.4, 0.5) is 0 Å². The van der Waals surface area contributed by atoms with E-state index in [1.54, 1.807) is 0 Å². The topological polar surface area (TPSA) is 71.2 Å². The average Bonchev–Trinajstić information content (AvgIpc) is 2.93. The Morgan fingerprint density at radius 3 is 2.96 bits per heavy atom. The highest BCUT2D eigenvalue weighted by Crippen LogP contribution is 2.38. The molecule has 126 valence electrons. The number of H-pyrrole nitrogens is 1. The fraction of sp³-hybridized carbons (Fsp3) is 0.474. The number of rotatable bonds is 1. The second-order valence-electron chi connectivity index (χ2n) is 7.06. The number of para-hydroxylation sites is 1. The zero-order valence-electron chi connectivity index (χ0n) is 13.9. The molecule has 2 bridgehead atoms. The SMILES string of the molecule is CCC12CCc3[nH]c4ccccc4c3CC(=O)OC(C1)C(=O)NC2. The quantitative estimate of drug-likeness (QED) is 0.791. The van der Waals surface area contributed by atoms with Crippen molar-refractivity contribution in [3.05, 3.63) is 35.5 Å². The third-order valence-corrected chi connectivity index (χ3v) is 5.70. The lowest BCUT2D eigenvalue weighted by Crippen LogP contribution is -2.52. The first-order valence-electron chi connectivity index (χ1n) is 8.66. The molecule has 1 aromatic carbocycles. The Balaban J connectivity index is 1.77. The third-order valence-electron chi connectivity index (χ3n) is 5.70. The van der Waals surface area contributed by atoms with Crippen molar-refractivity contribution in [2.24, 2.45) is 5.41 Å².